The Balaban J connectivity index is -0.000000180. The maximum atomic E-state index is 10.6. The van der Waals surface area contributed by atoms with Crippen molar-refractivity contribution in [3.63, 3.8) is 0 Å². The van der Waals surface area contributed by atoms with E-state index in [1.165, 1.54) is 0 Å². The first-order chi connectivity index (χ1) is 2.94. The van der Waals surface area contributed by atoms with Crippen molar-refractivity contribution in [2.45, 2.75) is 6.18 Å². The van der Waals surface area contributed by atoms with Crippen molar-refractivity contribution in [2.75, 3.05) is 0 Å². The number of alkyl halides is 3. The van der Waals surface area contributed by atoms with Crippen LogP contribution in [0.3, 0.4) is 0 Å². The molecule has 0 fully saturated rings. The predicted octanol–water partition coefficient (Wildman–Crippen LogP) is 0.628. The second kappa shape index (κ2) is 5.88. The Bertz CT molecular complexity index is 90.3. The summed E-state index contributed by atoms with van der Waals surface area (Å²) in [4.78, 5) is 8.90. The quantitative estimate of drug-likeness (QED) is 0.481. The molecule has 0 rings (SSSR count). The van der Waals surface area contributed by atoms with Crippen LogP contribution in [0.2, 0.25) is 0 Å². The molecule has 0 saturated carbocycles. The van der Waals surface area contributed by atoms with E-state index in [1.54, 1.807) is 0 Å². The van der Waals surface area contributed by atoms with E-state index in [0.29, 0.717) is 0 Å². The summed E-state index contributed by atoms with van der Waals surface area (Å²) < 4.78 is 31.7. The zero-order chi connectivity index (χ0) is 6.08. The molecule has 0 aliphatic carbocycles. The second-order valence-corrected chi connectivity index (χ2v) is 0.803. The number of aliphatic carboxylic acids is 1. The standard InChI is InChI=1S/C2HF3O2.2Hg/c3-2(4,5)1(6)7;;/h(H,6,7);;. The van der Waals surface area contributed by atoms with Crippen LogP contribution in [0.15, 0.2) is 0 Å². The maximum absolute atomic E-state index is 10.6. The molecular formula is C2HF3Hg2O2. The summed E-state index contributed by atoms with van der Waals surface area (Å²) in [6, 6.07) is 0. The second-order valence-electron chi connectivity index (χ2n) is 0.803. The fraction of sp³-hybridized carbons (Fsp3) is 0.500. The van der Waals surface area contributed by atoms with Crippen molar-refractivity contribution < 1.29 is 78.4 Å². The third-order valence-electron chi connectivity index (χ3n) is 0.243. The van der Waals surface area contributed by atoms with Crippen LogP contribution in [0.1, 0.15) is 0 Å². The van der Waals surface area contributed by atoms with Crippen LogP contribution in [0.4, 0.5) is 13.2 Å². The minimum absolute atomic E-state index is 0. The van der Waals surface area contributed by atoms with Crippen LogP contribution in [-0.2, 0) is 60.1 Å². The van der Waals surface area contributed by atoms with Gasteiger partial charge in [-0.2, -0.15) is 13.2 Å². The normalized spacial score (nSPS) is 8.78. The van der Waals surface area contributed by atoms with Gasteiger partial charge in [0.15, 0.2) is 0 Å². The van der Waals surface area contributed by atoms with Crippen LogP contribution in [-0.4, -0.2) is 17.3 Å². The van der Waals surface area contributed by atoms with E-state index in [9.17, 15) is 13.2 Å². The van der Waals surface area contributed by atoms with Crippen molar-refractivity contribution in [1.82, 2.24) is 0 Å². The van der Waals surface area contributed by atoms with Crippen molar-refractivity contribution in [3.05, 3.63) is 0 Å². The van der Waals surface area contributed by atoms with Crippen LogP contribution >= 0.6 is 0 Å². The van der Waals surface area contributed by atoms with Gasteiger partial charge in [0.05, 0.1) is 0 Å². The molecule has 0 saturated heterocycles. The molecular weight excluding hydrogens is 514 g/mol. The van der Waals surface area contributed by atoms with Crippen molar-refractivity contribution in [1.29, 1.82) is 0 Å². The smallest absolute Gasteiger partial charge is 0.475 e. The first kappa shape index (κ1) is 16.6. The largest absolute Gasteiger partial charge is 0.490 e. The summed E-state index contributed by atoms with van der Waals surface area (Å²) in [6.45, 7) is 0. The van der Waals surface area contributed by atoms with Gasteiger partial charge in [0.2, 0.25) is 0 Å². The molecule has 0 unspecified atom stereocenters. The molecule has 0 amide bonds. The number of carbonyl (C=O) groups is 1. The van der Waals surface area contributed by atoms with Crippen LogP contribution in [0, 0.1) is 0 Å². The average molecular weight is 515 g/mol. The SMILES string of the molecule is O=C(O)C(F)(F)F.[Hg].[Hg]. The van der Waals surface area contributed by atoms with Crippen LogP contribution in [0.25, 0.3) is 0 Å². The minimum Gasteiger partial charge on any atom is -0.475 e. The zero-order valence-corrected chi connectivity index (χ0v) is 15.4. The number of carboxylic acid groups (broad SMARTS) is 1. The molecule has 7 heteroatoms. The molecule has 9 heavy (non-hydrogen) atoms. The van der Waals surface area contributed by atoms with Gasteiger partial charge in [-0.1, -0.05) is 0 Å². The van der Waals surface area contributed by atoms with E-state index in [4.69, 9.17) is 9.90 Å². The molecule has 0 aromatic heterocycles. The van der Waals surface area contributed by atoms with Gasteiger partial charge in [-0.3, -0.25) is 0 Å². The Morgan fingerprint density at radius 3 is 1.33 bits per heavy atom. The summed E-state index contributed by atoms with van der Waals surface area (Å²) in [5, 5.41) is 7.12. The first-order valence-corrected chi connectivity index (χ1v) is 1.24. The number of halogens is 3. The fourth-order valence-corrected chi connectivity index (χ4v) is 0. The molecule has 46 valence electrons. The molecule has 0 aromatic rings. The Kier molecular flexibility index (Phi) is 10.9. The molecule has 0 aromatic carbocycles. The number of carboxylic acids is 1. The zero-order valence-electron chi connectivity index (χ0n) is 4.40. The van der Waals surface area contributed by atoms with Gasteiger partial charge < -0.3 is 5.11 Å². The molecule has 0 bridgehead atoms. The average Bonchev–Trinajstić information content (AvgIpc) is 1.31. The number of rotatable bonds is 0. The summed E-state index contributed by atoms with van der Waals surface area (Å²) in [5.74, 6) is -2.76. The Morgan fingerprint density at radius 2 is 1.33 bits per heavy atom. The van der Waals surface area contributed by atoms with Crippen molar-refractivity contribution in [3.8, 4) is 0 Å². The first-order valence-electron chi connectivity index (χ1n) is 1.24. The van der Waals surface area contributed by atoms with E-state index < -0.39 is 12.1 Å². The van der Waals surface area contributed by atoms with E-state index >= 15 is 0 Å². The maximum Gasteiger partial charge on any atom is 0.490 e. The molecule has 1 N–H and O–H groups in total. The summed E-state index contributed by atoms with van der Waals surface area (Å²) in [6.07, 6.45) is -5.08. The fourth-order valence-electron chi connectivity index (χ4n) is 0. The Labute approximate surface area is 89.8 Å². The van der Waals surface area contributed by atoms with E-state index in [2.05, 4.69) is 0 Å². The summed E-state index contributed by atoms with van der Waals surface area (Å²) >= 11 is 0. The monoisotopic (exact) mass is 518 g/mol. The molecule has 0 radical (unpaired) electrons. The van der Waals surface area contributed by atoms with Gasteiger partial charge in [-0.05, 0) is 0 Å². The van der Waals surface area contributed by atoms with Gasteiger partial charge in [-0.15, -0.1) is 0 Å². The number of hydrogen-bond acceptors (Lipinski definition) is 1. The summed E-state index contributed by atoms with van der Waals surface area (Å²) in [7, 11) is 0. The molecule has 2 nitrogen and oxygen atoms in total. The Hall–Kier alpha value is 1.13. The van der Waals surface area contributed by atoms with Crippen LogP contribution in [0.5, 0.6) is 0 Å². The van der Waals surface area contributed by atoms with Gasteiger partial charge in [0.1, 0.15) is 0 Å². The molecule has 0 heterocycles. The van der Waals surface area contributed by atoms with Crippen molar-refractivity contribution in [2.24, 2.45) is 0 Å². The molecule has 0 aliphatic heterocycles. The number of hydrogen-bond donors (Lipinski definition) is 1. The molecule has 0 atom stereocenters. The van der Waals surface area contributed by atoms with Crippen LogP contribution < -0.4 is 0 Å². The third-order valence-corrected chi connectivity index (χ3v) is 0.243. The molecule has 0 spiro atoms. The predicted molar refractivity (Wildman–Crippen MR) is 13.7 cm³/mol. The van der Waals surface area contributed by atoms with E-state index in [1.807, 2.05) is 0 Å². The van der Waals surface area contributed by atoms with Gasteiger partial charge >= 0.3 is 12.1 Å². The Morgan fingerprint density at radius 1 is 1.22 bits per heavy atom. The van der Waals surface area contributed by atoms with Crippen molar-refractivity contribution >= 4 is 5.97 Å². The van der Waals surface area contributed by atoms with E-state index in [0.717, 1.165) is 0 Å². The van der Waals surface area contributed by atoms with E-state index in [-0.39, 0.29) is 55.3 Å². The van der Waals surface area contributed by atoms with Gasteiger partial charge in [-0.25, -0.2) is 4.79 Å². The topological polar surface area (TPSA) is 37.3 Å². The van der Waals surface area contributed by atoms with Gasteiger partial charge in [0.25, 0.3) is 0 Å². The summed E-state index contributed by atoms with van der Waals surface area (Å²) in [5.41, 5.74) is 0. The van der Waals surface area contributed by atoms with Gasteiger partial charge in [0, 0.05) is 55.3 Å². The minimum atomic E-state index is -5.08. The molecule has 0 aliphatic rings. The third kappa shape index (κ3) is 9.13.